The largest absolute Gasteiger partial charge is 0.330 e. The lowest BCUT2D eigenvalue weighted by Crippen LogP contribution is -2.32. The Labute approximate surface area is 410 Å². The SMILES string of the molecule is CC(C)n1cnnc1-c1cccc(N2CCN(c3cccc(-c4ccc(S(C)(=O)=O)nc4)c3)C2=O)n1.CSc1ccc(-c2cccc(N3CCN(c4cccc(-c5nncn5C(C)C)n4)C3=O)c2)cn1. The van der Waals surface area contributed by atoms with Crippen LogP contribution in [0.5, 0.6) is 0 Å². The number of pyridine rings is 4. The molecule has 0 aliphatic carbocycles. The summed E-state index contributed by atoms with van der Waals surface area (Å²) in [6.07, 6.45) is 9.91. The number of carbonyl (C=O) groups is 2. The second-order valence-corrected chi connectivity index (χ2v) is 19.9. The lowest BCUT2D eigenvalue weighted by molar-refractivity contribution is 0.255. The second-order valence-electron chi connectivity index (χ2n) is 17.1. The molecule has 18 nitrogen and oxygen atoms in total. The fraction of sp³-hybridized carbons (Fsp3) is 0.240. The molecule has 2 saturated heterocycles. The summed E-state index contributed by atoms with van der Waals surface area (Å²) in [7, 11) is -3.37. The Morgan fingerprint density at radius 1 is 0.543 bits per heavy atom. The topological polar surface area (TPSA) is 194 Å². The zero-order chi connectivity index (χ0) is 49.1. The number of nitrogens with zero attached hydrogens (tertiary/aromatic N) is 14. The molecule has 0 saturated carbocycles. The minimum absolute atomic E-state index is 0.0224. The average Bonchev–Trinajstić information content (AvgIpc) is 4.22. The van der Waals surface area contributed by atoms with Crippen LogP contribution in [-0.4, -0.2) is 109 Å². The third-order valence-electron chi connectivity index (χ3n) is 11.8. The van der Waals surface area contributed by atoms with Crippen molar-refractivity contribution in [3.63, 3.8) is 0 Å². The molecule has 0 unspecified atom stereocenters. The van der Waals surface area contributed by atoms with E-state index in [-0.39, 0.29) is 29.2 Å². The van der Waals surface area contributed by atoms with Gasteiger partial charge in [-0.25, -0.2) is 37.9 Å². The number of hydrogen-bond acceptors (Lipinski definition) is 13. The van der Waals surface area contributed by atoms with Crippen molar-refractivity contribution in [3.8, 4) is 45.3 Å². The summed E-state index contributed by atoms with van der Waals surface area (Å²) < 4.78 is 27.3. The smallest absolute Gasteiger partial charge is 0.310 e. The number of urea groups is 2. The molecular weight excluding hydrogens is 925 g/mol. The molecule has 20 heteroatoms. The van der Waals surface area contributed by atoms with Crippen LogP contribution in [0.15, 0.2) is 144 Å². The van der Waals surface area contributed by atoms with Crippen molar-refractivity contribution in [2.24, 2.45) is 0 Å². The maximum Gasteiger partial charge on any atom is 0.330 e. The lowest BCUT2D eigenvalue weighted by Gasteiger charge is -2.19. The van der Waals surface area contributed by atoms with E-state index in [1.807, 2.05) is 126 Å². The minimum Gasteiger partial charge on any atom is -0.310 e. The van der Waals surface area contributed by atoms with E-state index in [0.717, 1.165) is 44.9 Å². The van der Waals surface area contributed by atoms with Gasteiger partial charge in [0.25, 0.3) is 0 Å². The number of amides is 4. The van der Waals surface area contributed by atoms with E-state index in [9.17, 15) is 18.0 Å². The number of hydrogen-bond donors (Lipinski definition) is 0. The molecule has 0 radical (unpaired) electrons. The molecule has 8 heterocycles. The van der Waals surface area contributed by atoms with Crippen LogP contribution >= 0.6 is 11.8 Å². The predicted octanol–water partition coefficient (Wildman–Crippen LogP) is 8.98. The standard InChI is InChI=1S/C25H25N7O3S.C25H25N7OS/c1-17(2)32-16-27-29-24(32)21-8-5-9-22(28-21)31-13-12-30(25(31)33)20-7-4-6-18(14-20)19-10-11-23(26-15-19)36(3,34)35;1-17(2)32-16-27-29-24(32)21-8-5-9-22(28-21)31-13-12-30(25(31)33)20-7-4-6-18(14-20)19-10-11-23(34-3)26-15-19/h4-11,14-17H,12-13H2,1-3H3;4-11,14-17H,12-13H2,1-3H3. The van der Waals surface area contributed by atoms with Gasteiger partial charge >= 0.3 is 12.1 Å². The number of thioether (sulfide) groups is 1. The summed E-state index contributed by atoms with van der Waals surface area (Å²) in [5.41, 5.74) is 6.58. The molecule has 0 spiro atoms. The van der Waals surface area contributed by atoms with E-state index < -0.39 is 9.84 Å². The van der Waals surface area contributed by atoms with Crippen LogP contribution < -0.4 is 19.6 Å². The summed E-state index contributed by atoms with van der Waals surface area (Å²) in [6.45, 7) is 10.4. The Morgan fingerprint density at radius 2 is 1.00 bits per heavy atom. The fourth-order valence-electron chi connectivity index (χ4n) is 8.13. The minimum atomic E-state index is -3.37. The third-order valence-corrected chi connectivity index (χ3v) is 13.5. The van der Waals surface area contributed by atoms with Gasteiger partial charge in [0.15, 0.2) is 26.5 Å². The van der Waals surface area contributed by atoms with E-state index in [1.165, 1.54) is 12.3 Å². The summed E-state index contributed by atoms with van der Waals surface area (Å²) in [5.74, 6) is 2.50. The molecule has 2 aliphatic heterocycles. The van der Waals surface area contributed by atoms with Gasteiger partial charge in [0, 0.05) is 79.4 Å². The lowest BCUT2D eigenvalue weighted by atomic mass is 10.1. The van der Waals surface area contributed by atoms with Crippen molar-refractivity contribution in [2.75, 3.05) is 58.3 Å². The highest BCUT2D eigenvalue weighted by Crippen LogP contribution is 2.32. The maximum absolute atomic E-state index is 13.4. The molecule has 2 aliphatic rings. The predicted molar refractivity (Wildman–Crippen MR) is 272 cm³/mol. The number of anilines is 4. The van der Waals surface area contributed by atoms with E-state index >= 15 is 0 Å². The van der Waals surface area contributed by atoms with Crippen LogP contribution in [-0.2, 0) is 9.84 Å². The highest BCUT2D eigenvalue weighted by atomic mass is 32.2. The van der Waals surface area contributed by atoms with Crippen molar-refractivity contribution in [1.29, 1.82) is 0 Å². The quantitative estimate of drug-likeness (QED) is 0.105. The van der Waals surface area contributed by atoms with Gasteiger partial charge in [-0.1, -0.05) is 42.5 Å². The van der Waals surface area contributed by atoms with Crippen LogP contribution in [0, 0.1) is 0 Å². The molecule has 0 N–H and O–H groups in total. The second kappa shape index (κ2) is 20.0. The molecule has 2 aromatic carbocycles. The summed E-state index contributed by atoms with van der Waals surface area (Å²) in [4.78, 5) is 51.6. The van der Waals surface area contributed by atoms with Crippen LogP contribution in [0.4, 0.5) is 32.6 Å². The van der Waals surface area contributed by atoms with Gasteiger partial charge in [-0.15, -0.1) is 32.2 Å². The zero-order valence-electron chi connectivity index (χ0n) is 39.4. The number of aromatic nitrogens is 10. The van der Waals surface area contributed by atoms with Gasteiger partial charge in [0.2, 0.25) is 0 Å². The number of benzene rings is 2. The third kappa shape index (κ3) is 9.86. The van der Waals surface area contributed by atoms with E-state index in [2.05, 4.69) is 50.3 Å². The molecule has 6 aromatic heterocycles. The molecular formula is C50H50N14O4S2. The molecule has 8 aromatic rings. The number of rotatable bonds is 12. The van der Waals surface area contributed by atoms with Crippen LogP contribution in [0.2, 0.25) is 0 Å². The summed E-state index contributed by atoms with van der Waals surface area (Å²) in [6, 6.07) is 34.1. The zero-order valence-corrected chi connectivity index (χ0v) is 41.0. The van der Waals surface area contributed by atoms with E-state index in [1.54, 1.807) is 50.1 Å². The fourth-order valence-corrected chi connectivity index (χ4v) is 9.05. The van der Waals surface area contributed by atoms with Gasteiger partial charge in [0.05, 0.1) is 5.03 Å². The molecule has 2 fully saturated rings. The Kier molecular flexibility index (Phi) is 13.5. The van der Waals surface area contributed by atoms with Crippen molar-refractivity contribution in [1.82, 2.24) is 49.5 Å². The van der Waals surface area contributed by atoms with Gasteiger partial charge in [-0.05, 0) is 112 Å². The van der Waals surface area contributed by atoms with Crippen LogP contribution in [0.25, 0.3) is 45.3 Å². The first-order valence-electron chi connectivity index (χ1n) is 22.6. The van der Waals surface area contributed by atoms with E-state index in [4.69, 9.17) is 9.97 Å². The van der Waals surface area contributed by atoms with Crippen molar-refractivity contribution in [2.45, 2.75) is 49.8 Å². The Morgan fingerprint density at radius 3 is 1.41 bits per heavy atom. The first-order valence-corrected chi connectivity index (χ1v) is 25.7. The first-order chi connectivity index (χ1) is 33.8. The molecule has 0 atom stereocenters. The van der Waals surface area contributed by atoms with Gasteiger partial charge in [-0.2, -0.15) is 0 Å². The van der Waals surface area contributed by atoms with Crippen molar-refractivity contribution in [3.05, 3.63) is 134 Å². The average molecular weight is 975 g/mol. The monoisotopic (exact) mass is 974 g/mol. The Balaban J connectivity index is 0.000000174. The highest BCUT2D eigenvalue weighted by molar-refractivity contribution is 7.98. The van der Waals surface area contributed by atoms with Crippen molar-refractivity contribution >= 4 is 56.7 Å². The summed E-state index contributed by atoms with van der Waals surface area (Å²) in [5, 5.41) is 17.5. The molecule has 4 amide bonds. The first kappa shape index (κ1) is 47.2. The number of sulfone groups is 1. The van der Waals surface area contributed by atoms with Gasteiger partial charge in [0.1, 0.15) is 35.7 Å². The molecule has 356 valence electrons. The molecule has 70 heavy (non-hydrogen) atoms. The number of carbonyl (C=O) groups excluding carboxylic acids is 2. The Bertz CT molecular complexity index is 3290. The van der Waals surface area contributed by atoms with Gasteiger partial charge in [-0.3, -0.25) is 19.6 Å². The Hall–Kier alpha value is -7.84. The van der Waals surface area contributed by atoms with E-state index in [0.29, 0.717) is 60.9 Å². The van der Waals surface area contributed by atoms with Gasteiger partial charge < -0.3 is 9.13 Å². The normalized spacial score (nSPS) is 14.0. The van der Waals surface area contributed by atoms with Crippen molar-refractivity contribution < 1.29 is 18.0 Å². The van der Waals surface area contributed by atoms with Crippen LogP contribution in [0.3, 0.4) is 0 Å². The molecule has 0 bridgehead atoms. The molecule has 10 rings (SSSR count). The maximum atomic E-state index is 13.4. The summed E-state index contributed by atoms with van der Waals surface area (Å²) >= 11 is 1.61. The highest BCUT2D eigenvalue weighted by Gasteiger charge is 2.33. The van der Waals surface area contributed by atoms with Crippen LogP contribution in [0.1, 0.15) is 39.8 Å².